The Morgan fingerprint density at radius 3 is 1.36 bits per heavy atom. The minimum atomic E-state index is 0.668. The maximum absolute atomic E-state index is 5.57. The Bertz CT molecular complexity index is 514. The van der Waals surface area contributed by atoms with Gasteiger partial charge in [-0.2, -0.15) is 0 Å². The SMILES string of the molecule is COc1c(CC=C(C)C)cc(CC=C(C)C)c(OC)c1OC. The Kier molecular flexibility index (Phi) is 7.03. The molecule has 0 aliphatic heterocycles. The molecule has 0 bridgehead atoms. The summed E-state index contributed by atoms with van der Waals surface area (Å²) < 4.78 is 16.7. The Balaban J connectivity index is 3.45. The van der Waals surface area contributed by atoms with Crippen LogP contribution in [0.3, 0.4) is 0 Å². The van der Waals surface area contributed by atoms with Gasteiger partial charge >= 0.3 is 0 Å². The Morgan fingerprint density at radius 2 is 1.09 bits per heavy atom. The number of allylic oxidation sites excluding steroid dienone is 4. The lowest BCUT2D eigenvalue weighted by molar-refractivity contribution is 0.321. The van der Waals surface area contributed by atoms with Crippen molar-refractivity contribution in [1.82, 2.24) is 0 Å². The molecule has 0 amide bonds. The minimum Gasteiger partial charge on any atom is -0.492 e. The molecule has 0 spiro atoms. The van der Waals surface area contributed by atoms with Crippen molar-refractivity contribution in [2.45, 2.75) is 40.5 Å². The number of hydrogen-bond donors (Lipinski definition) is 0. The third-order valence-electron chi connectivity index (χ3n) is 3.42. The summed E-state index contributed by atoms with van der Waals surface area (Å²) in [6, 6.07) is 2.15. The van der Waals surface area contributed by atoms with Crippen LogP contribution in [0.4, 0.5) is 0 Å². The van der Waals surface area contributed by atoms with E-state index in [1.807, 2.05) is 0 Å². The van der Waals surface area contributed by atoms with Gasteiger partial charge in [-0.05, 0) is 46.6 Å². The fourth-order valence-corrected chi connectivity index (χ4v) is 2.30. The molecule has 1 aromatic carbocycles. The zero-order valence-electron chi connectivity index (χ0n) is 14.9. The fourth-order valence-electron chi connectivity index (χ4n) is 2.30. The summed E-state index contributed by atoms with van der Waals surface area (Å²) in [6.45, 7) is 8.38. The van der Waals surface area contributed by atoms with Crippen LogP contribution in [0.25, 0.3) is 0 Å². The van der Waals surface area contributed by atoms with Crippen molar-refractivity contribution in [3.63, 3.8) is 0 Å². The van der Waals surface area contributed by atoms with E-state index in [0.717, 1.165) is 35.5 Å². The third kappa shape index (κ3) is 4.55. The highest BCUT2D eigenvalue weighted by molar-refractivity contribution is 5.60. The van der Waals surface area contributed by atoms with E-state index >= 15 is 0 Å². The van der Waals surface area contributed by atoms with Crippen molar-refractivity contribution >= 4 is 0 Å². The minimum absolute atomic E-state index is 0.668. The van der Waals surface area contributed by atoms with E-state index in [4.69, 9.17) is 14.2 Å². The van der Waals surface area contributed by atoms with Gasteiger partial charge in [-0.1, -0.05) is 23.3 Å². The van der Waals surface area contributed by atoms with Crippen molar-refractivity contribution in [2.24, 2.45) is 0 Å². The summed E-state index contributed by atoms with van der Waals surface area (Å²) in [4.78, 5) is 0. The van der Waals surface area contributed by atoms with Gasteiger partial charge in [0.25, 0.3) is 0 Å². The second kappa shape index (κ2) is 8.52. The molecule has 1 aromatic rings. The second-order valence-electron chi connectivity index (χ2n) is 5.77. The predicted molar refractivity (Wildman–Crippen MR) is 92.4 cm³/mol. The molecule has 3 nitrogen and oxygen atoms in total. The lowest BCUT2D eigenvalue weighted by Gasteiger charge is -2.18. The maximum atomic E-state index is 5.57. The number of methoxy groups -OCH3 is 3. The van der Waals surface area contributed by atoms with Crippen LogP contribution >= 0.6 is 0 Å². The molecule has 0 radical (unpaired) electrons. The molecule has 0 heterocycles. The fraction of sp³-hybridized carbons (Fsp3) is 0.474. The molecule has 0 saturated carbocycles. The van der Waals surface area contributed by atoms with Gasteiger partial charge in [0, 0.05) is 11.1 Å². The lowest BCUT2D eigenvalue weighted by atomic mass is 10.0. The molecular formula is C19H28O3. The van der Waals surface area contributed by atoms with E-state index in [-0.39, 0.29) is 0 Å². The molecule has 0 atom stereocenters. The van der Waals surface area contributed by atoms with Crippen LogP contribution in [0, 0.1) is 0 Å². The van der Waals surface area contributed by atoms with Gasteiger partial charge < -0.3 is 14.2 Å². The van der Waals surface area contributed by atoms with Crippen LogP contribution in [0.15, 0.2) is 29.4 Å². The molecule has 0 fully saturated rings. The van der Waals surface area contributed by atoms with Crippen molar-refractivity contribution in [3.8, 4) is 17.2 Å². The highest BCUT2D eigenvalue weighted by Gasteiger charge is 2.19. The molecule has 3 heteroatoms. The van der Waals surface area contributed by atoms with Gasteiger partial charge in [0.05, 0.1) is 21.3 Å². The van der Waals surface area contributed by atoms with E-state index in [1.165, 1.54) is 11.1 Å². The lowest BCUT2D eigenvalue weighted by Crippen LogP contribution is -2.02. The van der Waals surface area contributed by atoms with Crippen LogP contribution in [-0.4, -0.2) is 21.3 Å². The number of hydrogen-bond acceptors (Lipinski definition) is 3. The van der Waals surface area contributed by atoms with Crippen molar-refractivity contribution in [1.29, 1.82) is 0 Å². The summed E-state index contributed by atoms with van der Waals surface area (Å²) >= 11 is 0. The largest absolute Gasteiger partial charge is 0.492 e. The van der Waals surface area contributed by atoms with Crippen molar-refractivity contribution in [3.05, 3.63) is 40.5 Å². The molecule has 0 aromatic heterocycles. The first-order valence-corrected chi connectivity index (χ1v) is 7.52. The molecule has 0 aliphatic carbocycles. The van der Waals surface area contributed by atoms with Gasteiger partial charge in [-0.15, -0.1) is 0 Å². The first kappa shape index (κ1) is 18.1. The Labute approximate surface area is 134 Å². The summed E-state index contributed by atoms with van der Waals surface area (Å²) in [6.07, 6.45) is 6.00. The predicted octanol–water partition coefficient (Wildman–Crippen LogP) is 4.73. The van der Waals surface area contributed by atoms with Gasteiger partial charge in [-0.3, -0.25) is 0 Å². The van der Waals surface area contributed by atoms with E-state index in [1.54, 1.807) is 21.3 Å². The van der Waals surface area contributed by atoms with Crippen LogP contribution in [0.2, 0.25) is 0 Å². The van der Waals surface area contributed by atoms with Gasteiger partial charge in [0.15, 0.2) is 11.5 Å². The summed E-state index contributed by atoms with van der Waals surface area (Å²) in [5.74, 6) is 2.16. The molecule has 122 valence electrons. The average Bonchev–Trinajstić information content (AvgIpc) is 2.49. The van der Waals surface area contributed by atoms with Gasteiger partial charge in [0.2, 0.25) is 5.75 Å². The Morgan fingerprint density at radius 1 is 0.727 bits per heavy atom. The van der Waals surface area contributed by atoms with Crippen LogP contribution in [-0.2, 0) is 12.8 Å². The number of benzene rings is 1. The van der Waals surface area contributed by atoms with Gasteiger partial charge in [-0.25, -0.2) is 0 Å². The van der Waals surface area contributed by atoms with E-state index in [2.05, 4.69) is 45.9 Å². The first-order chi connectivity index (χ1) is 10.4. The zero-order valence-corrected chi connectivity index (χ0v) is 14.9. The zero-order chi connectivity index (χ0) is 16.7. The molecule has 0 unspecified atom stereocenters. The number of ether oxygens (including phenoxy) is 3. The number of rotatable bonds is 7. The quantitative estimate of drug-likeness (QED) is 0.682. The van der Waals surface area contributed by atoms with Crippen LogP contribution in [0.5, 0.6) is 17.2 Å². The topological polar surface area (TPSA) is 27.7 Å². The molecule has 0 saturated heterocycles. The highest BCUT2D eigenvalue weighted by atomic mass is 16.5. The summed E-state index contributed by atoms with van der Waals surface area (Å²) in [7, 11) is 4.98. The monoisotopic (exact) mass is 304 g/mol. The third-order valence-corrected chi connectivity index (χ3v) is 3.42. The molecule has 0 aliphatic rings. The summed E-state index contributed by atoms with van der Waals surface area (Å²) in [5.41, 5.74) is 4.78. The van der Waals surface area contributed by atoms with Crippen LogP contribution < -0.4 is 14.2 Å². The Hall–Kier alpha value is -1.90. The highest BCUT2D eigenvalue weighted by Crippen LogP contribution is 2.43. The smallest absolute Gasteiger partial charge is 0.203 e. The van der Waals surface area contributed by atoms with Crippen LogP contribution in [0.1, 0.15) is 38.8 Å². The van der Waals surface area contributed by atoms with E-state index in [9.17, 15) is 0 Å². The van der Waals surface area contributed by atoms with E-state index in [0.29, 0.717) is 5.75 Å². The molecule has 1 rings (SSSR count). The second-order valence-corrected chi connectivity index (χ2v) is 5.77. The van der Waals surface area contributed by atoms with E-state index < -0.39 is 0 Å². The summed E-state index contributed by atoms with van der Waals surface area (Å²) in [5, 5.41) is 0. The maximum Gasteiger partial charge on any atom is 0.203 e. The average molecular weight is 304 g/mol. The van der Waals surface area contributed by atoms with Gasteiger partial charge in [0.1, 0.15) is 0 Å². The van der Waals surface area contributed by atoms with Crippen molar-refractivity contribution in [2.75, 3.05) is 21.3 Å². The molecule has 22 heavy (non-hydrogen) atoms. The first-order valence-electron chi connectivity index (χ1n) is 7.52. The molecule has 0 N–H and O–H groups in total. The molecular weight excluding hydrogens is 276 g/mol. The normalized spacial score (nSPS) is 9.95. The van der Waals surface area contributed by atoms with Crippen molar-refractivity contribution < 1.29 is 14.2 Å². The standard InChI is InChI=1S/C19H28O3/c1-13(2)8-10-15-12-16(11-9-14(3)4)18(21-6)19(22-7)17(15)20-5/h8-9,12H,10-11H2,1-7H3.